The summed E-state index contributed by atoms with van der Waals surface area (Å²) in [6.45, 7) is 9.88. The van der Waals surface area contributed by atoms with Crippen molar-refractivity contribution in [2.45, 2.75) is 98.0 Å². The van der Waals surface area contributed by atoms with Gasteiger partial charge in [0.15, 0.2) is 0 Å². The Kier molecular flexibility index (Phi) is 5.86. The van der Waals surface area contributed by atoms with Gasteiger partial charge in [-0.15, -0.1) is 0 Å². The van der Waals surface area contributed by atoms with Crippen LogP contribution in [0.4, 0.5) is 0 Å². The molecule has 4 fully saturated rings. The van der Waals surface area contributed by atoms with E-state index in [0.29, 0.717) is 46.8 Å². The molecule has 0 spiro atoms. The zero-order valence-corrected chi connectivity index (χ0v) is 19.5. The number of hydrogen-bond acceptors (Lipinski definition) is 3. The van der Waals surface area contributed by atoms with Crippen LogP contribution < -0.4 is 0 Å². The summed E-state index contributed by atoms with van der Waals surface area (Å²) in [6.07, 6.45) is 11.7. The van der Waals surface area contributed by atoms with Crippen molar-refractivity contribution in [3.05, 3.63) is 0 Å². The molecule has 1 unspecified atom stereocenters. The van der Waals surface area contributed by atoms with Crippen LogP contribution in [-0.2, 0) is 9.53 Å². The number of aliphatic hydroxyl groups excluding tert-OH is 1. The van der Waals surface area contributed by atoms with Crippen LogP contribution in [0.3, 0.4) is 0 Å². The van der Waals surface area contributed by atoms with Crippen LogP contribution >= 0.6 is 0 Å². The Labute approximate surface area is 178 Å². The van der Waals surface area contributed by atoms with Gasteiger partial charge >= 0.3 is 5.97 Å². The number of carbonyl (C=O) groups excluding carboxylic acids is 1. The van der Waals surface area contributed by atoms with Gasteiger partial charge in [0, 0.05) is 6.42 Å². The molecule has 0 saturated heterocycles. The summed E-state index contributed by atoms with van der Waals surface area (Å²) >= 11 is 0. The van der Waals surface area contributed by atoms with Crippen LogP contribution in [0.5, 0.6) is 0 Å². The number of hydrogen-bond donors (Lipinski definition) is 1. The van der Waals surface area contributed by atoms with Crippen molar-refractivity contribution >= 4 is 5.97 Å². The van der Waals surface area contributed by atoms with Crippen molar-refractivity contribution in [1.29, 1.82) is 0 Å². The first kappa shape index (κ1) is 21.7. The Hall–Kier alpha value is -0.570. The monoisotopic (exact) mass is 404 g/mol. The molecule has 10 atom stereocenters. The molecular formula is C26H44O3. The van der Waals surface area contributed by atoms with Gasteiger partial charge in [0.05, 0.1) is 13.2 Å². The molecule has 29 heavy (non-hydrogen) atoms. The molecule has 166 valence electrons. The largest absolute Gasteiger partial charge is 0.469 e. The molecule has 0 aliphatic heterocycles. The smallest absolute Gasteiger partial charge is 0.305 e. The van der Waals surface area contributed by atoms with Gasteiger partial charge in [-0.1, -0.05) is 34.1 Å². The van der Waals surface area contributed by atoms with E-state index in [1.807, 2.05) is 0 Å². The molecule has 0 aromatic heterocycles. The highest BCUT2D eigenvalue weighted by Gasteiger charge is 2.62. The van der Waals surface area contributed by atoms with Gasteiger partial charge in [-0.25, -0.2) is 0 Å². The molecule has 3 nitrogen and oxygen atoms in total. The van der Waals surface area contributed by atoms with E-state index in [2.05, 4.69) is 27.7 Å². The predicted octanol–water partition coefficient (Wildman–Crippen LogP) is 5.84. The lowest BCUT2D eigenvalue weighted by Gasteiger charge is -2.62. The molecule has 4 rings (SSSR count). The second-order valence-electron chi connectivity index (χ2n) is 12.0. The number of ether oxygens (including phenoxy) is 1. The fraction of sp³-hybridized carbons (Fsp3) is 0.962. The molecule has 1 N–H and O–H groups in total. The Morgan fingerprint density at radius 2 is 1.76 bits per heavy atom. The minimum atomic E-state index is -0.0999. The molecule has 0 radical (unpaired) electrons. The van der Waals surface area contributed by atoms with Crippen molar-refractivity contribution in [2.75, 3.05) is 7.11 Å². The summed E-state index contributed by atoms with van der Waals surface area (Å²) < 4.78 is 4.88. The van der Waals surface area contributed by atoms with Crippen molar-refractivity contribution in [2.24, 2.45) is 52.3 Å². The van der Waals surface area contributed by atoms with E-state index < -0.39 is 0 Å². The van der Waals surface area contributed by atoms with Crippen LogP contribution in [0.25, 0.3) is 0 Å². The molecule has 4 aliphatic carbocycles. The zero-order valence-electron chi connectivity index (χ0n) is 19.5. The third kappa shape index (κ3) is 3.48. The Bertz CT molecular complexity index is 617. The quantitative estimate of drug-likeness (QED) is 0.599. The summed E-state index contributed by atoms with van der Waals surface area (Å²) in [5.74, 6) is 4.60. The average Bonchev–Trinajstić information content (AvgIpc) is 3.04. The van der Waals surface area contributed by atoms with Crippen LogP contribution in [0, 0.1) is 52.3 Å². The topological polar surface area (TPSA) is 46.5 Å². The van der Waals surface area contributed by atoms with E-state index in [9.17, 15) is 9.90 Å². The summed E-state index contributed by atoms with van der Waals surface area (Å²) in [5, 5.41) is 11.4. The number of methoxy groups -OCH3 is 1. The Morgan fingerprint density at radius 3 is 2.48 bits per heavy atom. The van der Waals surface area contributed by atoms with E-state index >= 15 is 0 Å². The highest BCUT2D eigenvalue weighted by Crippen LogP contribution is 2.68. The van der Waals surface area contributed by atoms with E-state index in [4.69, 9.17) is 4.74 Å². The molecule has 0 aromatic rings. The van der Waals surface area contributed by atoms with Crippen molar-refractivity contribution in [1.82, 2.24) is 0 Å². The summed E-state index contributed by atoms with van der Waals surface area (Å²) in [5.41, 5.74) is 0.787. The minimum absolute atomic E-state index is 0.0755. The van der Waals surface area contributed by atoms with Crippen molar-refractivity contribution < 1.29 is 14.6 Å². The SMILES string of the molecule is COC(=O)CC[C@@H](C)C1CC[C@H]2[C@@H]3[C@@H](O)C[C@@H]4C[C@H](C)CC[C@]4(C)[C@H]3CC[C@]12C. The molecule has 0 amide bonds. The van der Waals surface area contributed by atoms with Gasteiger partial charge in [-0.05, 0) is 104 Å². The fourth-order valence-corrected chi connectivity index (χ4v) is 9.06. The lowest BCUT2D eigenvalue weighted by atomic mass is 9.43. The number of esters is 1. The van der Waals surface area contributed by atoms with E-state index in [-0.39, 0.29) is 12.1 Å². The first-order chi connectivity index (χ1) is 13.7. The average molecular weight is 405 g/mol. The van der Waals surface area contributed by atoms with Crippen LogP contribution in [0.2, 0.25) is 0 Å². The van der Waals surface area contributed by atoms with Crippen molar-refractivity contribution in [3.8, 4) is 0 Å². The number of carbonyl (C=O) groups is 1. The summed E-state index contributed by atoms with van der Waals surface area (Å²) in [4.78, 5) is 11.7. The first-order valence-electron chi connectivity index (χ1n) is 12.5. The van der Waals surface area contributed by atoms with E-state index in [1.165, 1.54) is 52.1 Å². The molecule has 0 bridgehead atoms. The van der Waals surface area contributed by atoms with E-state index in [1.54, 1.807) is 0 Å². The third-order valence-electron chi connectivity index (χ3n) is 10.7. The maximum absolute atomic E-state index is 11.7. The summed E-state index contributed by atoms with van der Waals surface area (Å²) in [7, 11) is 1.49. The normalized spacial score (nSPS) is 50.2. The van der Waals surface area contributed by atoms with Gasteiger partial charge < -0.3 is 9.84 Å². The minimum Gasteiger partial charge on any atom is -0.469 e. The maximum Gasteiger partial charge on any atom is 0.305 e. The lowest BCUT2D eigenvalue weighted by Crippen LogP contribution is -2.58. The maximum atomic E-state index is 11.7. The zero-order chi connectivity index (χ0) is 21.0. The van der Waals surface area contributed by atoms with Gasteiger partial charge in [-0.2, -0.15) is 0 Å². The summed E-state index contributed by atoms with van der Waals surface area (Å²) in [6, 6.07) is 0. The van der Waals surface area contributed by atoms with E-state index in [0.717, 1.165) is 24.7 Å². The number of aliphatic hydroxyl groups is 1. The van der Waals surface area contributed by atoms with Crippen LogP contribution in [0.1, 0.15) is 91.9 Å². The predicted molar refractivity (Wildman–Crippen MR) is 116 cm³/mol. The molecule has 4 saturated carbocycles. The molecule has 4 aliphatic rings. The second-order valence-corrected chi connectivity index (χ2v) is 12.0. The highest BCUT2D eigenvalue weighted by atomic mass is 16.5. The van der Waals surface area contributed by atoms with Crippen LogP contribution in [0.15, 0.2) is 0 Å². The second kappa shape index (κ2) is 7.84. The lowest BCUT2D eigenvalue weighted by molar-refractivity contribution is -0.168. The van der Waals surface area contributed by atoms with Crippen LogP contribution in [-0.4, -0.2) is 24.3 Å². The Balaban J connectivity index is 1.53. The standard InChI is InChI=1S/C26H44O3/c1-16-10-12-25(3)18(14-16)15-22(27)24-20-8-7-19(17(2)6-9-23(28)29-5)26(20,4)13-11-21(24)25/h16-22,24,27H,6-15H2,1-5H3/t16-,17-,18+,19?,20+,21+,22+,24+,25+,26-/m1/s1. The van der Waals surface area contributed by atoms with Gasteiger partial charge in [0.25, 0.3) is 0 Å². The number of rotatable bonds is 4. The molecule has 0 heterocycles. The molecule has 0 aromatic carbocycles. The van der Waals surface area contributed by atoms with Gasteiger partial charge in [0.2, 0.25) is 0 Å². The van der Waals surface area contributed by atoms with Crippen molar-refractivity contribution in [3.63, 3.8) is 0 Å². The molecule has 3 heteroatoms. The molecular weight excluding hydrogens is 360 g/mol. The first-order valence-corrected chi connectivity index (χ1v) is 12.5. The fourth-order valence-electron chi connectivity index (χ4n) is 9.06. The van der Waals surface area contributed by atoms with Gasteiger partial charge in [0.1, 0.15) is 0 Å². The van der Waals surface area contributed by atoms with Gasteiger partial charge in [-0.3, -0.25) is 4.79 Å². The highest BCUT2D eigenvalue weighted by molar-refractivity contribution is 5.69. The number of fused-ring (bicyclic) bond motifs is 5. The Morgan fingerprint density at radius 1 is 1.07 bits per heavy atom. The third-order valence-corrected chi connectivity index (χ3v) is 10.7.